The molecule has 23 heavy (non-hydrogen) atoms. The van der Waals surface area contributed by atoms with Crippen molar-refractivity contribution >= 4 is 5.91 Å². The van der Waals surface area contributed by atoms with E-state index in [1.165, 1.54) is 0 Å². The number of hydrogen-bond donors (Lipinski definition) is 1. The maximum absolute atomic E-state index is 12.5. The molecule has 120 valence electrons. The SMILES string of the molecule is O=C(CC(O)c1ccccc1)N1CCOC(c2ccccc2)C1. The highest BCUT2D eigenvalue weighted by atomic mass is 16.5. The lowest BCUT2D eigenvalue weighted by atomic mass is 10.0. The minimum atomic E-state index is -0.762. The van der Waals surface area contributed by atoms with Gasteiger partial charge in [-0.3, -0.25) is 4.79 Å². The van der Waals surface area contributed by atoms with Gasteiger partial charge in [0.05, 0.1) is 25.7 Å². The third kappa shape index (κ3) is 3.97. The number of hydrogen-bond acceptors (Lipinski definition) is 3. The molecule has 1 aliphatic heterocycles. The number of aliphatic hydroxyl groups is 1. The van der Waals surface area contributed by atoms with E-state index in [0.29, 0.717) is 19.7 Å². The summed E-state index contributed by atoms with van der Waals surface area (Å²) in [5, 5.41) is 10.2. The molecule has 2 aromatic carbocycles. The molecule has 0 aliphatic carbocycles. The molecule has 2 unspecified atom stereocenters. The number of ether oxygens (including phenoxy) is 1. The molecule has 0 aromatic heterocycles. The van der Waals surface area contributed by atoms with Gasteiger partial charge < -0.3 is 14.7 Å². The number of aliphatic hydroxyl groups excluding tert-OH is 1. The highest BCUT2D eigenvalue weighted by molar-refractivity contribution is 5.77. The third-order valence-electron chi connectivity index (χ3n) is 4.14. The van der Waals surface area contributed by atoms with E-state index in [-0.39, 0.29) is 18.4 Å². The van der Waals surface area contributed by atoms with Crippen molar-refractivity contribution < 1.29 is 14.6 Å². The highest BCUT2D eigenvalue weighted by Crippen LogP contribution is 2.24. The number of benzene rings is 2. The second-order valence-electron chi connectivity index (χ2n) is 5.74. The van der Waals surface area contributed by atoms with Gasteiger partial charge in [0.1, 0.15) is 6.10 Å². The Bertz CT molecular complexity index is 630. The second kappa shape index (κ2) is 7.40. The summed E-state index contributed by atoms with van der Waals surface area (Å²) in [4.78, 5) is 14.3. The zero-order valence-corrected chi connectivity index (χ0v) is 13.0. The average Bonchev–Trinajstić information content (AvgIpc) is 2.63. The number of carbonyl (C=O) groups is 1. The van der Waals surface area contributed by atoms with Crippen molar-refractivity contribution in [1.82, 2.24) is 4.90 Å². The van der Waals surface area contributed by atoms with Crippen LogP contribution in [0.3, 0.4) is 0 Å². The Morgan fingerprint density at radius 3 is 2.48 bits per heavy atom. The Labute approximate surface area is 136 Å². The molecule has 0 spiro atoms. The van der Waals surface area contributed by atoms with Gasteiger partial charge in [-0.2, -0.15) is 0 Å². The van der Waals surface area contributed by atoms with Gasteiger partial charge in [0.25, 0.3) is 0 Å². The molecule has 0 radical (unpaired) electrons. The molecule has 1 heterocycles. The average molecular weight is 311 g/mol. The largest absolute Gasteiger partial charge is 0.388 e. The van der Waals surface area contributed by atoms with Crippen LogP contribution < -0.4 is 0 Å². The molecule has 1 fully saturated rings. The zero-order chi connectivity index (χ0) is 16.1. The number of morpholine rings is 1. The third-order valence-corrected chi connectivity index (χ3v) is 4.14. The molecule has 1 saturated heterocycles. The highest BCUT2D eigenvalue weighted by Gasteiger charge is 2.26. The van der Waals surface area contributed by atoms with Gasteiger partial charge in [-0.05, 0) is 11.1 Å². The smallest absolute Gasteiger partial charge is 0.225 e. The van der Waals surface area contributed by atoms with E-state index in [1.54, 1.807) is 4.90 Å². The first-order valence-corrected chi connectivity index (χ1v) is 7.91. The monoisotopic (exact) mass is 311 g/mol. The lowest BCUT2D eigenvalue weighted by Crippen LogP contribution is -2.42. The molecule has 1 N–H and O–H groups in total. The first-order valence-electron chi connectivity index (χ1n) is 7.91. The molecule has 0 saturated carbocycles. The van der Waals surface area contributed by atoms with Crippen molar-refractivity contribution in [2.24, 2.45) is 0 Å². The van der Waals surface area contributed by atoms with E-state index >= 15 is 0 Å². The van der Waals surface area contributed by atoms with Crippen LogP contribution in [0, 0.1) is 0 Å². The normalized spacial score (nSPS) is 19.3. The fraction of sp³-hybridized carbons (Fsp3) is 0.316. The minimum absolute atomic E-state index is 0.0365. The Morgan fingerprint density at radius 2 is 1.78 bits per heavy atom. The summed E-state index contributed by atoms with van der Waals surface area (Å²) in [6, 6.07) is 19.2. The van der Waals surface area contributed by atoms with Gasteiger partial charge >= 0.3 is 0 Å². The van der Waals surface area contributed by atoms with Gasteiger partial charge in [0.15, 0.2) is 0 Å². The summed E-state index contributed by atoms with van der Waals surface area (Å²) >= 11 is 0. The second-order valence-corrected chi connectivity index (χ2v) is 5.74. The van der Waals surface area contributed by atoms with Gasteiger partial charge in [-0.15, -0.1) is 0 Å². The van der Waals surface area contributed by atoms with Crippen LogP contribution in [-0.4, -0.2) is 35.6 Å². The van der Waals surface area contributed by atoms with Crippen molar-refractivity contribution in [2.75, 3.05) is 19.7 Å². The van der Waals surface area contributed by atoms with Crippen molar-refractivity contribution in [1.29, 1.82) is 0 Å². The molecule has 1 amide bonds. The first kappa shape index (κ1) is 15.7. The van der Waals surface area contributed by atoms with Crippen LogP contribution in [-0.2, 0) is 9.53 Å². The van der Waals surface area contributed by atoms with Crippen LogP contribution in [0.4, 0.5) is 0 Å². The van der Waals surface area contributed by atoms with Gasteiger partial charge in [-0.25, -0.2) is 0 Å². The van der Waals surface area contributed by atoms with E-state index in [9.17, 15) is 9.90 Å². The van der Waals surface area contributed by atoms with E-state index in [2.05, 4.69) is 0 Å². The molecule has 4 nitrogen and oxygen atoms in total. The van der Waals surface area contributed by atoms with Crippen LogP contribution in [0.2, 0.25) is 0 Å². The Kier molecular flexibility index (Phi) is 5.05. The van der Waals surface area contributed by atoms with E-state index < -0.39 is 6.10 Å². The predicted molar refractivity (Wildman–Crippen MR) is 87.7 cm³/mol. The molecule has 1 aliphatic rings. The standard InChI is InChI=1S/C19H21NO3/c21-17(15-7-3-1-4-8-15)13-19(22)20-11-12-23-18(14-20)16-9-5-2-6-10-16/h1-10,17-18,21H,11-14H2. The zero-order valence-electron chi connectivity index (χ0n) is 13.0. The van der Waals surface area contributed by atoms with Crippen LogP contribution in [0.25, 0.3) is 0 Å². The number of carbonyl (C=O) groups excluding carboxylic acids is 1. The van der Waals surface area contributed by atoms with Crippen molar-refractivity contribution in [3.05, 3.63) is 71.8 Å². The maximum Gasteiger partial charge on any atom is 0.225 e. The van der Waals surface area contributed by atoms with Crippen molar-refractivity contribution in [2.45, 2.75) is 18.6 Å². The van der Waals surface area contributed by atoms with Gasteiger partial charge in [-0.1, -0.05) is 60.7 Å². The van der Waals surface area contributed by atoms with Crippen LogP contribution in [0.15, 0.2) is 60.7 Å². The summed E-state index contributed by atoms with van der Waals surface area (Å²) in [5.74, 6) is -0.0365. The van der Waals surface area contributed by atoms with Gasteiger partial charge in [0.2, 0.25) is 5.91 Å². The number of amides is 1. The molecule has 2 atom stereocenters. The van der Waals surface area contributed by atoms with Crippen molar-refractivity contribution in [3.63, 3.8) is 0 Å². The fourth-order valence-electron chi connectivity index (χ4n) is 2.83. The summed E-state index contributed by atoms with van der Waals surface area (Å²) in [6.45, 7) is 1.63. The molecular weight excluding hydrogens is 290 g/mol. The predicted octanol–water partition coefficient (Wildman–Crippen LogP) is 2.71. The van der Waals surface area contributed by atoms with Crippen molar-refractivity contribution in [3.8, 4) is 0 Å². The summed E-state index contributed by atoms with van der Waals surface area (Å²) in [6.07, 6.45) is -0.754. The van der Waals surface area contributed by atoms with Gasteiger partial charge in [0, 0.05) is 6.54 Å². The van der Waals surface area contributed by atoms with E-state index in [4.69, 9.17) is 4.74 Å². The Hall–Kier alpha value is -2.17. The quantitative estimate of drug-likeness (QED) is 0.944. The molecule has 0 bridgehead atoms. The topological polar surface area (TPSA) is 49.8 Å². The summed E-state index contributed by atoms with van der Waals surface area (Å²) in [5.41, 5.74) is 1.85. The number of rotatable bonds is 4. The maximum atomic E-state index is 12.5. The summed E-state index contributed by atoms with van der Waals surface area (Å²) in [7, 11) is 0. The van der Waals surface area contributed by atoms with E-state index in [0.717, 1.165) is 11.1 Å². The number of nitrogens with zero attached hydrogens (tertiary/aromatic N) is 1. The fourth-order valence-corrected chi connectivity index (χ4v) is 2.83. The minimum Gasteiger partial charge on any atom is -0.388 e. The Balaban J connectivity index is 1.61. The lowest BCUT2D eigenvalue weighted by molar-refractivity contribution is -0.141. The molecule has 4 heteroatoms. The van der Waals surface area contributed by atoms with Crippen LogP contribution in [0.5, 0.6) is 0 Å². The summed E-state index contributed by atoms with van der Waals surface area (Å²) < 4.78 is 5.78. The van der Waals surface area contributed by atoms with E-state index in [1.807, 2.05) is 60.7 Å². The Morgan fingerprint density at radius 1 is 1.13 bits per heavy atom. The molecule has 3 rings (SSSR count). The van der Waals surface area contributed by atoms with Crippen LogP contribution in [0.1, 0.15) is 29.8 Å². The van der Waals surface area contributed by atoms with Crippen LogP contribution >= 0.6 is 0 Å². The molecular formula is C19H21NO3. The first-order chi connectivity index (χ1) is 11.2. The molecule has 2 aromatic rings. The lowest BCUT2D eigenvalue weighted by Gasteiger charge is -2.33.